The summed E-state index contributed by atoms with van der Waals surface area (Å²) < 4.78 is 0. The Balaban J connectivity index is 2.30. The normalized spacial score (nSPS) is 33.0. The Morgan fingerprint density at radius 3 is 2.55 bits per heavy atom. The maximum Gasteiger partial charge on any atom is 0.0558 e. The lowest BCUT2D eigenvalue weighted by molar-refractivity contribution is 0.193. The predicted molar refractivity (Wildman–Crippen MR) is 43.3 cm³/mol. The molecule has 0 aromatic rings. The van der Waals surface area contributed by atoms with E-state index in [4.69, 9.17) is 10.2 Å². The topological polar surface area (TPSA) is 43.7 Å². The van der Waals surface area contributed by atoms with Crippen LogP contribution in [0.15, 0.2) is 0 Å². The molecule has 2 atom stereocenters. The second kappa shape index (κ2) is 4.04. The van der Waals surface area contributed by atoms with E-state index < -0.39 is 0 Å². The highest BCUT2D eigenvalue weighted by molar-refractivity contribution is 4.80. The monoisotopic (exact) mass is 159 g/mol. The Morgan fingerprint density at radius 2 is 2.09 bits per heavy atom. The summed E-state index contributed by atoms with van der Waals surface area (Å²) in [6.45, 7) is 5.37. The van der Waals surface area contributed by atoms with Gasteiger partial charge in [0.25, 0.3) is 0 Å². The Kier molecular flexibility index (Phi) is 3.30. The van der Waals surface area contributed by atoms with Gasteiger partial charge in [0.05, 0.1) is 6.61 Å². The van der Waals surface area contributed by atoms with Crippen molar-refractivity contribution in [1.82, 2.24) is 4.90 Å². The van der Waals surface area contributed by atoms with Gasteiger partial charge in [0.15, 0.2) is 0 Å². The zero-order valence-electron chi connectivity index (χ0n) is 7.03. The van der Waals surface area contributed by atoms with Crippen LogP contribution in [0.3, 0.4) is 0 Å². The van der Waals surface area contributed by atoms with Crippen molar-refractivity contribution in [3.63, 3.8) is 0 Å². The zero-order chi connectivity index (χ0) is 8.27. The van der Waals surface area contributed by atoms with E-state index in [1.165, 1.54) is 0 Å². The lowest BCUT2D eigenvalue weighted by atomic mass is 10.00. The van der Waals surface area contributed by atoms with Crippen molar-refractivity contribution in [2.75, 3.05) is 32.8 Å². The van der Waals surface area contributed by atoms with E-state index in [1.807, 2.05) is 0 Å². The average molecular weight is 159 g/mol. The molecule has 0 aliphatic carbocycles. The van der Waals surface area contributed by atoms with Crippen molar-refractivity contribution in [2.45, 2.75) is 6.92 Å². The summed E-state index contributed by atoms with van der Waals surface area (Å²) in [6, 6.07) is 0. The summed E-state index contributed by atoms with van der Waals surface area (Å²) >= 11 is 0. The van der Waals surface area contributed by atoms with E-state index in [-0.39, 0.29) is 13.2 Å². The highest BCUT2D eigenvalue weighted by atomic mass is 16.3. The Hall–Kier alpha value is -0.120. The smallest absolute Gasteiger partial charge is 0.0558 e. The molecule has 1 saturated heterocycles. The summed E-state index contributed by atoms with van der Waals surface area (Å²) in [5.41, 5.74) is 0. The Bertz CT molecular complexity index is 119. The maximum atomic E-state index is 8.93. The van der Waals surface area contributed by atoms with Crippen LogP contribution >= 0.6 is 0 Å². The third kappa shape index (κ3) is 2.15. The maximum absolute atomic E-state index is 8.93. The van der Waals surface area contributed by atoms with Gasteiger partial charge < -0.3 is 15.1 Å². The third-order valence-electron chi connectivity index (χ3n) is 2.49. The van der Waals surface area contributed by atoms with Crippen LogP contribution < -0.4 is 0 Å². The molecule has 0 amide bonds. The van der Waals surface area contributed by atoms with E-state index >= 15 is 0 Å². The molecule has 0 bridgehead atoms. The van der Waals surface area contributed by atoms with Crippen LogP contribution in [0.4, 0.5) is 0 Å². The van der Waals surface area contributed by atoms with Crippen LogP contribution in [-0.4, -0.2) is 48.0 Å². The van der Waals surface area contributed by atoms with Crippen molar-refractivity contribution < 1.29 is 10.2 Å². The molecule has 3 nitrogen and oxygen atoms in total. The van der Waals surface area contributed by atoms with E-state index in [0.29, 0.717) is 11.8 Å². The quantitative estimate of drug-likeness (QED) is 0.585. The minimum Gasteiger partial charge on any atom is -0.396 e. The molecule has 0 radical (unpaired) electrons. The van der Waals surface area contributed by atoms with Gasteiger partial charge in [-0.3, -0.25) is 0 Å². The minimum absolute atomic E-state index is 0.227. The number of β-amino-alcohol motifs (C(OH)–C–C–N with tert-alkyl or cyclic N) is 1. The average Bonchev–Trinajstić information content (AvgIpc) is 2.32. The van der Waals surface area contributed by atoms with Crippen LogP contribution in [0.1, 0.15) is 6.92 Å². The van der Waals surface area contributed by atoms with Gasteiger partial charge >= 0.3 is 0 Å². The highest BCUT2D eigenvalue weighted by Crippen LogP contribution is 2.21. The van der Waals surface area contributed by atoms with Gasteiger partial charge in [0.2, 0.25) is 0 Å². The zero-order valence-corrected chi connectivity index (χ0v) is 7.03. The molecule has 1 fully saturated rings. The van der Waals surface area contributed by atoms with E-state index in [9.17, 15) is 0 Å². The molecular weight excluding hydrogens is 142 g/mol. The fourth-order valence-electron chi connectivity index (χ4n) is 1.70. The molecule has 1 aliphatic heterocycles. The lowest BCUT2D eigenvalue weighted by Gasteiger charge is -2.12. The lowest BCUT2D eigenvalue weighted by Crippen LogP contribution is -2.24. The van der Waals surface area contributed by atoms with E-state index in [2.05, 4.69) is 11.8 Å². The first kappa shape index (κ1) is 8.97. The first-order valence-corrected chi connectivity index (χ1v) is 4.22. The largest absolute Gasteiger partial charge is 0.396 e. The molecule has 1 aliphatic rings. The van der Waals surface area contributed by atoms with Gasteiger partial charge in [-0.15, -0.1) is 0 Å². The summed E-state index contributed by atoms with van der Waals surface area (Å²) in [6.07, 6.45) is 0. The number of nitrogens with zero attached hydrogens (tertiary/aromatic N) is 1. The number of likely N-dealkylation sites (tertiary alicyclic amines) is 1. The Labute approximate surface area is 67.6 Å². The van der Waals surface area contributed by atoms with Gasteiger partial charge in [0.1, 0.15) is 0 Å². The number of aliphatic hydroxyl groups excluding tert-OH is 2. The van der Waals surface area contributed by atoms with Crippen LogP contribution in [0.2, 0.25) is 0 Å². The second-order valence-corrected chi connectivity index (χ2v) is 3.40. The second-order valence-electron chi connectivity index (χ2n) is 3.40. The number of aliphatic hydroxyl groups is 2. The highest BCUT2D eigenvalue weighted by Gasteiger charge is 2.27. The first-order chi connectivity index (χ1) is 5.27. The molecule has 0 aromatic carbocycles. The molecule has 2 N–H and O–H groups in total. The summed E-state index contributed by atoms with van der Waals surface area (Å²) in [4.78, 5) is 2.20. The molecule has 0 saturated carbocycles. The van der Waals surface area contributed by atoms with Gasteiger partial charge in [-0.1, -0.05) is 6.92 Å². The minimum atomic E-state index is 0.227. The van der Waals surface area contributed by atoms with Crippen molar-refractivity contribution in [3.8, 4) is 0 Å². The molecule has 2 unspecified atom stereocenters. The van der Waals surface area contributed by atoms with Crippen LogP contribution in [0.5, 0.6) is 0 Å². The standard InChI is InChI=1S/C8H17NO2/c1-7-4-9(2-3-10)5-8(7)6-11/h7-8,10-11H,2-6H2,1H3. The molecule has 1 rings (SSSR count). The van der Waals surface area contributed by atoms with Crippen molar-refractivity contribution >= 4 is 0 Å². The van der Waals surface area contributed by atoms with Gasteiger partial charge in [-0.2, -0.15) is 0 Å². The van der Waals surface area contributed by atoms with Crippen molar-refractivity contribution in [3.05, 3.63) is 0 Å². The molecule has 11 heavy (non-hydrogen) atoms. The summed E-state index contributed by atoms with van der Waals surface area (Å²) in [5.74, 6) is 0.994. The SMILES string of the molecule is CC1CN(CCO)CC1CO. The first-order valence-electron chi connectivity index (χ1n) is 4.22. The molecule has 0 aromatic heterocycles. The van der Waals surface area contributed by atoms with E-state index in [0.717, 1.165) is 19.6 Å². The fourth-order valence-corrected chi connectivity index (χ4v) is 1.70. The Morgan fingerprint density at radius 1 is 1.36 bits per heavy atom. The van der Waals surface area contributed by atoms with Crippen molar-refractivity contribution in [1.29, 1.82) is 0 Å². The summed E-state index contributed by atoms with van der Waals surface area (Å²) in [7, 11) is 0. The molecule has 1 heterocycles. The number of hydrogen-bond acceptors (Lipinski definition) is 3. The van der Waals surface area contributed by atoms with Crippen molar-refractivity contribution in [2.24, 2.45) is 11.8 Å². The van der Waals surface area contributed by atoms with Crippen LogP contribution in [-0.2, 0) is 0 Å². The number of hydrogen-bond donors (Lipinski definition) is 2. The third-order valence-corrected chi connectivity index (χ3v) is 2.49. The predicted octanol–water partition coefficient (Wildman–Crippen LogP) is -0.461. The van der Waals surface area contributed by atoms with Gasteiger partial charge in [-0.05, 0) is 11.8 Å². The van der Waals surface area contributed by atoms with E-state index in [1.54, 1.807) is 0 Å². The molecular formula is C8H17NO2. The molecule has 0 spiro atoms. The molecule has 3 heteroatoms. The number of rotatable bonds is 3. The van der Waals surface area contributed by atoms with Gasteiger partial charge in [-0.25, -0.2) is 0 Å². The molecule has 66 valence electrons. The van der Waals surface area contributed by atoms with Crippen LogP contribution in [0, 0.1) is 11.8 Å². The summed E-state index contributed by atoms with van der Waals surface area (Å²) in [5, 5.41) is 17.6. The van der Waals surface area contributed by atoms with Crippen LogP contribution in [0.25, 0.3) is 0 Å². The van der Waals surface area contributed by atoms with Gasteiger partial charge in [0, 0.05) is 26.2 Å². The fraction of sp³-hybridized carbons (Fsp3) is 1.00.